The van der Waals surface area contributed by atoms with Crippen molar-refractivity contribution < 1.29 is 9.32 Å². The van der Waals surface area contributed by atoms with Crippen LogP contribution in [0.4, 0.5) is 5.82 Å². The number of aromatic nitrogens is 3. The Hall–Kier alpha value is -3.22. The average Bonchev–Trinajstić information content (AvgIpc) is 2.99. The van der Waals surface area contributed by atoms with Crippen LogP contribution in [0.25, 0.3) is 11.3 Å². The molecule has 3 aromatic rings. The molecule has 7 heteroatoms. The molecule has 27 heavy (non-hydrogen) atoms. The van der Waals surface area contributed by atoms with Crippen LogP contribution in [0.15, 0.2) is 41.2 Å². The first-order valence-corrected chi connectivity index (χ1v) is 8.64. The predicted octanol–water partition coefficient (Wildman–Crippen LogP) is 3.09. The second-order valence-electron chi connectivity index (χ2n) is 6.70. The van der Waals surface area contributed by atoms with Crippen LogP contribution in [0, 0.1) is 13.8 Å². The zero-order chi connectivity index (χ0) is 19.6. The van der Waals surface area contributed by atoms with E-state index in [2.05, 4.69) is 15.1 Å². The van der Waals surface area contributed by atoms with Crippen molar-refractivity contribution >= 4 is 11.7 Å². The summed E-state index contributed by atoms with van der Waals surface area (Å²) in [5.74, 6) is 1.46. The van der Waals surface area contributed by atoms with Gasteiger partial charge in [0.15, 0.2) is 0 Å². The van der Waals surface area contributed by atoms with Crippen LogP contribution in [0.5, 0.6) is 0 Å². The third-order valence-electron chi connectivity index (χ3n) is 4.43. The maximum Gasteiger partial charge on any atom is 0.253 e. The smallest absolute Gasteiger partial charge is 0.253 e. The van der Waals surface area contributed by atoms with Crippen LogP contribution >= 0.6 is 0 Å². The molecular weight excluding hydrogens is 342 g/mol. The molecule has 0 unspecified atom stereocenters. The summed E-state index contributed by atoms with van der Waals surface area (Å²) in [6, 6.07) is 7.40. The molecule has 0 atom stereocenters. The molecule has 0 spiro atoms. The van der Waals surface area contributed by atoms with Crippen LogP contribution in [0.2, 0.25) is 0 Å². The van der Waals surface area contributed by atoms with Gasteiger partial charge in [-0.25, -0.2) is 4.98 Å². The minimum Gasteiger partial charge on any atom is -0.361 e. The number of anilines is 1. The minimum atomic E-state index is -0.0605. The van der Waals surface area contributed by atoms with E-state index in [1.807, 2.05) is 57.1 Å². The molecule has 2 heterocycles. The Morgan fingerprint density at radius 3 is 2.37 bits per heavy atom. The highest BCUT2D eigenvalue weighted by Crippen LogP contribution is 2.20. The Kier molecular flexibility index (Phi) is 5.21. The van der Waals surface area contributed by atoms with Gasteiger partial charge >= 0.3 is 0 Å². The van der Waals surface area contributed by atoms with Crippen LogP contribution in [0.1, 0.15) is 27.4 Å². The van der Waals surface area contributed by atoms with Crippen molar-refractivity contribution in [2.45, 2.75) is 20.4 Å². The van der Waals surface area contributed by atoms with Crippen molar-refractivity contribution in [2.75, 3.05) is 26.0 Å². The topological polar surface area (TPSA) is 75.4 Å². The van der Waals surface area contributed by atoms with Gasteiger partial charge in [-0.15, -0.1) is 0 Å². The van der Waals surface area contributed by atoms with E-state index >= 15 is 0 Å². The van der Waals surface area contributed by atoms with Crippen molar-refractivity contribution in [3.05, 3.63) is 59.2 Å². The molecule has 2 aromatic heterocycles. The van der Waals surface area contributed by atoms with Crippen molar-refractivity contribution in [2.24, 2.45) is 0 Å². The van der Waals surface area contributed by atoms with Crippen LogP contribution < -0.4 is 4.90 Å². The van der Waals surface area contributed by atoms with Crippen molar-refractivity contribution in [1.29, 1.82) is 0 Å². The number of carbonyl (C=O) groups excluding carboxylic acids is 1. The summed E-state index contributed by atoms with van der Waals surface area (Å²) in [6.07, 6.45) is 3.43. The van der Waals surface area contributed by atoms with Gasteiger partial charge in [-0.3, -0.25) is 9.78 Å². The summed E-state index contributed by atoms with van der Waals surface area (Å²) in [5, 5.41) is 3.94. The van der Waals surface area contributed by atoms with Gasteiger partial charge in [0.05, 0.1) is 30.3 Å². The summed E-state index contributed by atoms with van der Waals surface area (Å²) >= 11 is 0. The van der Waals surface area contributed by atoms with E-state index in [4.69, 9.17) is 4.52 Å². The lowest BCUT2D eigenvalue weighted by atomic mass is 10.1. The van der Waals surface area contributed by atoms with E-state index < -0.39 is 0 Å². The SMILES string of the molecule is Cc1noc(C)c1CN(C)C(=O)c1ccc(-c2cncc(N(C)C)n2)cc1. The Morgan fingerprint density at radius 2 is 1.78 bits per heavy atom. The number of benzene rings is 1. The number of rotatable bonds is 5. The van der Waals surface area contributed by atoms with Crippen LogP contribution in [0.3, 0.4) is 0 Å². The number of carbonyl (C=O) groups is 1. The van der Waals surface area contributed by atoms with E-state index in [-0.39, 0.29) is 5.91 Å². The molecular formula is C20H23N5O2. The number of aryl methyl sites for hydroxylation is 2. The fourth-order valence-corrected chi connectivity index (χ4v) is 2.75. The molecule has 0 saturated carbocycles. The molecule has 7 nitrogen and oxygen atoms in total. The fourth-order valence-electron chi connectivity index (χ4n) is 2.75. The van der Waals surface area contributed by atoms with Crippen molar-refractivity contribution in [3.8, 4) is 11.3 Å². The monoisotopic (exact) mass is 365 g/mol. The molecule has 0 aliphatic rings. The van der Waals surface area contributed by atoms with E-state index in [9.17, 15) is 4.79 Å². The highest BCUT2D eigenvalue weighted by molar-refractivity contribution is 5.94. The summed E-state index contributed by atoms with van der Waals surface area (Å²) in [4.78, 5) is 25.1. The van der Waals surface area contributed by atoms with Crippen LogP contribution in [-0.4, -0.2) is 47.1 Å². The van der Waals surface area contributed by atoms with Gasteiger partial charge < -0.3 is 14.3 Å². The zero-order valence-electron chi connectivity index (χ0n) is 16.2. The normalized spacial score (nSPS) is 10.7. The second kappa shape index (κ2) is 7.57. The molecule has 0 fully saturated rings. The predicted molar refractivity (Wildman–Crippen MR) is 104 cm³/mol. The van der Waals surface area contributed by atoms with Gasteiger partial charge in [0, 0.05) is 37.8 Å². The van der Waals surface area contributed by atoms with E-state index in [1.54, 1.807) is 24.3 Å². The number of hydrogen-bond acceptors (Lipinski definition) is 6. The lowest BCUT2D eigenvalue weighted by molar-refractivity contribution is 0.0784. The standard InChI is InChI=1S/C20H23N5O2/c1-13-17(14(2)27-23-13)12-25(5)20(26)16-8-6-15(7-9-16)18-10-21-11-19(22-18)24(3)4/h6-11H,12H2,1-5H3. The number of amides is 1. The molecule has 1 aromatic carbocycles. The first kappa shape index (κ1) is 18.6. The molecule has 140 valence electrons. The molecule has 0 radical (unpaired) electrons. The Labute approximate surface area is 158 Å². The molecule has 0 saturated heterocycles. The minimum absolute atomic E-state index is 0.0605. The Bertz CT molecular complexity index is 928. The van der Waals surface area contributed by atoms with Crippen molar-refractivity contribution in [3.63, 3.8) is 0 Å². The largest absolute Gasteiger partial charge is 0.361 e. The van der Waals surface area contributed by atoms with Gasteiger partial charge in [-0.05, 0) is 26.0 Å². The molecule has 0 N–H and O–H groups in total. The molecule has 0 aliphatic carbocycles. The molecule has 0 bridgehead atoms. The summed E-state index contributed by atoms with van der Waals surface area (Å²) in [7, 11) is 5.61. The zero-order valence-corrected chi connectivity index (χ0v) is 16.2. The highest BCUT2D eigenvalue weighted by Gasteiger charge is 2.17. The van der Waals surface area contributed by atoms with Crippen LogP contribution in [-0.2, 0) is 6.54 Å². The lowest BCUT2D eigenvalue weighted by Crippen LogP contribution is -2.26. The first-order chi connectivity index (χ1) is 12.9. The first-order valence-electron chi connectivity index (χ1n) is 8.64. The second-order valence-corrected chi connectivity index (χ2v) is 6.70. The summed E-state index contributed by atoms with van der Waals surface area (Å²) < 4.78 is 5.17. The Morgan fingerprint density at radius 1 is 1.07 bits per heavy atom. The number of hydrogen-bond donors (Lipinski definition) is 0. The Balaban J connectivity index is 1.76. The quantitative estimate of drug-likeness (QED) is 0.692. The highest BCUT2D eigenvalue weighted by atomic mass is 16.5. The third-order valence-corrected chi connectivity index (χ3v) is 4.43. The van der Waals surface area contributed by atoms with E-state index in [0.717, 1.165) is 34.1 Å². The van der Waals surface area contributed by atoms with Gasteiger partial charge in [-0.2, -0.15) is 0 Å². The average molecular weight is 365 g/mol. The van der Waals surface area contributed by atoms with E-state index in [0.29, 0.717) is 12.1 Å². The lowest BCUT2D eigenvalue weighted by Gasteiger charge is -2.17. The number of nitrogens with zero attached hydrogens (tertiary/aromatic N) is 5. The van der Waals surface area contributed by atoms with E-state index in [1.165, 1.54) is 0 Å². The summed E-state index contributed by atoms with van der Waals surface area (Å²) in [5.41, 5.74) is 4.05. The van der Waals surface area contributed by atoms with Gasteiger partial charge in [0.1, 0.15) is 11.6 Å². The maximum atomic E-state index is 12.7. The summed E-state index contributed by atoms with van der Waals surface area (Å²) in [6.45, 7) is 4.19. The van der Waals surface area contributed by atoms with Gasteiger partial charge in [0.25, 0.3) is 5.91 Å². The van der Waals surface area contributed by atoms with Gasteiger partial charge in [0.2, 0.25) is 0 Å². The fraction of sp³-hybridized carbons (Fsp3) is 0.300. The molecule has 3 rings (SSSR count). The van der Waals surface area contributed by atoms with Crippen molar-refractivity contribution in [1.82, 2.24) is 20.0 Å². The molecule has 0 aliphatic heterocycles. The third kappa shape index (κ3) is 3.97. The maximum absolute atomic E-state index is 12.7. The van der Waals surface area contributed by atoms with Gasteiger partial charge in [-0.1, -0.05) is 17.3 Å². The molecule has 1 amide bonds.